The van der Waals surface area contributed by atoms with Gasteiger partial charge in [-0.05, 0) is 67.2 Å². The van der Waals surface area contributed by atoms with Crippen molar-refractivity contribution in [3.8, 4) is 0 Å². The molecule has 0 aliphatic rings. The summed E-state index contributed by atoms with van der Waals surface area (Å²) in [7, 11) is 0. The number of carboxylic acid groups (broad SMARTS) is 1. The minimum absolute atomic E-state index is 0.0977. The van der Waals surface area contributed by atoms with Crippen molar-refractivity contribution in [1.82, 2.24) is 5.32 Å². The fraction of sp³-hybridized carbons (Fsp3) is 0.500. The van der Waals surface area contributed by atoms with Gasteiger partial charge in [0.05, 0.1) is 4.47 Å². The number of carboxylic acids is 1. The summed E-state index contributed by atoms with van der Waals surface area (Å²) in [6, 6.07) is 4.19. The lowest BCUT2D eigenvalue weighted by molar-refractivity contribution is -0.137. The molecule has 128 valence electrons. The van der Waals surface area contributed by atoms with Gasteiger partial charge in [0.1, 0.15) is 11.4 Å². The number of hydrogen-bond acceptors (Lipinski definition) is 3. The van der Waals surface area contributed by atoms with Crippen molar-refractivity contribution in [3.63, 3.8) is 0 Å². The Labute approximate surface area is 143 Å². The number of rotatable bonds is 6. The first-order chi connectivity index (χ1) is 10.6. The van der Waals surface area contributed by atoms with E-state index in [-0.39, 0.29) is 12.8 Å². The Bertz CT molecular complexity index is 572. The quantitative estimate of drug-likeness (QED) is 0.773. The van der Waals surface area contributed by atoms with Crippen LogP contribution >= 0.6 is 15.9 Å². The summed E-state index contributed by atoms with van der Waals surface area (Å²) in [6.45, 7) is 5.22. The molecule has 1 aromatic rings. The molecule has 0 radical (unpaired) electrons. The first-order valence-electron chi connectivity index (χ1n) is 7.22. The Morgan fingerprint density at radius 3 is 2.57 bits per heavy atom. The van der Waals surface area contributed by atoms with Crippen LogP contribution in [0, 0.1) is 5.82 Å². The normalized spacial score (nSPS) is 12.6. The summed E-state index contributed by atoms with van der Waals surface area (Å²) in [5.74, 6) is -1.36. The maximum Gasteiger partial charge on any atom is 0.407 e. The van der Waals surface area contributed by atoms with Gasteiger partial charge in [-0.2, -0.15) is 0 Å². The Hall–Kier alpha value is -1.63. The third-order valence-electron chi connectivity index (χ3n) is 2.89. The van der Waals surface area contributed by atoms with E-state index >= 15 is 0 Å². The number of carbonyl (C=O) groups is 2. The zero-order chi connectivity index (χ0) is 17.6. The molecule has 7 heteroatoms. The lowest BCUT2D eigenvalue weighted by atomic mass is 10.0. The Morgan fingerprint density at radius 2 is 2.04 bits per heavy atom. The molecular formula is C16H21BrFNO4. The highest BCUT2D eigenvalue weighted by Crippen LogP contribution is 2.18. The third-order valence-corrected chi connectivity index (χ3v) is 3.54. The van der Waals surface area contributed by atoms with E-state index in [4.69, 9.17) is 9.84 Å². The molecule has 0 aliphatic carbocycles. The maximum absolute atomic E-state index is 13.6. The van der Waals surface area contributed by atoms with Crippen molar-refractivity contribution in [2.45, 2.75) is 51.7 Å². The van der Waals surface area contributed by atoms with E-state index in [1.165, 1.54) is 6.07 Å². The second kappa shape index (κ2) is 8.29. The van der Waals surface area contributed by atoms with Gasteiger partial charge in [-0.3, -0.25) is 4.79 Å². The van der Waals surface area contributed by atoms with Gasteiger partial charge < -0.3 is 15.2 Å². The molecule has 0 bridgehead atoms. The second-order valence-corrected chi connectivity index (χ2v) is 7.08. The van der Waals surface area contributed by atoms with E-state index in [2.05, 4.69) is 21.2 Å². The van der Waals surface area contributed by atoms with Crippen LogP contribution in [0.1, 0.15) is 39.2 Å². The molecule has 0 aromatic heterocycles. The minimum atomic E-state index is -0.956. The average Bonchev–Trinajstić information content (AvgIpc) is 2.38. The molecule has 0 aliphatic heterocycles. The Kier molecular flexibility index (Phi) is 7.00. The summed E-state index contributed by atoms with van der Waals surface area (Å²) < 4.78 is 19.1. The van der Waals surface area contributed by atoms with E-state index in [1.807, 2.05) is 0 Å². The zero-order valence-corrected chi connectivity index (χ0v) is 14.9. The summed E-state index contributed by atoms with van der Waals surface area (Å²) >= 11 is 3.08. The van der Waals surface area contributed by atoms with Gasteiger partial charge in [-0.25, -0.2) is 9.18 Å². The lowest BCUT2D eigenvalue weighted by Gasteiger charge is -2.23. The lowest BCUT2D eigenvalue weighted by Crippen LogP contribution is -2.40. The second-order valence-electron chi connectivity index (χ2n) is 6.23. The van der Waals surface area contributed by atoms with Crippen LogP contribution < -0.4 is 5.32 Å². The van der Waals surface area contributed by atoms with E-state index in [9.17, 15) is 14.0 Å². The van der Waals surface area contributed by atoms with Crippen LogP contribution in [0.3, 0.4) is 0 Å². The van der Waals surface area contributed by atoms with Crippen LogP contribution in [0.2, 0.25) is 0 Å². The highest BCUT2D eigenvalue weighted by Gasteiger charge is 2.20. The van der Waals surface area contributed by atoms with Crippen molar-refractivity contribution < 1.29 is 23.8 Å². The monoisotopic (exact) mass is 389 g/mol. The van der Waals surface area contributed by atoms with Crippen molar-refractivity contribution >= 4 is 28.0 Å². The van der Waals surface area contributed by atoms with Crippen LogP contribution in [0.5, 0.6) is 0 Å². The van der Waals surface area contributed by atoms with Crippen molar-refractivity contribution in [2.24, 2.45) is 0 Å². The highest BCUT2D eigenvalue weighted by molar-refractivity contribution is 9.10. The molecule has 5 nitrogen and oxygen atoms in total. The first kappa shape index (κ1) is 19.4. The predicted molar refractivity (Wildman–Crippen MR) is 87.8 cm³/mol. The molecule has 1 atom stereocenters. The van der Waals surface area contributed by atoms with Crippen LogP contribution in [0.4, 0.5) is 9.18 Å². The summed E-state index contributed by atoms with van der Waals surface area (Å²) in [5.41, 5.74) is 0.0164. The number of ether oxygens (including phenoxy) is 1. The molecule has 1 rings (SSSR count). The molecule has 23 heavy (non-hydrogen) atoms. The van der Waals surface area contributed by atoms with Crippen molar-refractivity contribution in [1.29, 1.82) is 0 Å². The molecule has 0 fully saturated rings. The van der Waals surface area contributed by atoms with Gasteiger partial charge in [0, 0.05) is 12.5 Å². The number of hydrogen-bond donors (Lipinski definition) is 2. The minimum Gasteiger partial charge on any atom is -0.481 e. The van der Waals surface area contributed by atoms with E-state index in [0.29, 0.717) is 16.5 Å². The maximum atomic E-state index is 13.6. The molecule has 0 heterocycles. The third kappa shape index (κ3) is 7.97. The molecule has 0 saturated heterocycles. The molecule has 2 N–H and O–H groups in total. The number of benzene rings is 1. The number of alkyl carbamates (subject to hydrolysis) is 1. The van der Waals surface area contributed by atoms with Crippen LogP contribution in [-0.4, -0.2) is 28.8 Å². The smallest absolute Gasteiger partial charge is 0.407 e. The Morgan fingerprint density at radius 1 is 1.39 bits per heavy atom. The van der Waals surface area contributed by atoms with Gasteiger partial charge in [-0.1, -0.05) is 6.07 Å². The molecule has 1 amide bonds. The van der Waals surface area contributed by atoms with Gasteiger partial charge in [0.25, 0.3) is 0 Å². The molecule has 1 unspecified atom stereocenters. The summed E-state index contributed by atoms with van der Waals surface area (Å²) in [5, 5.41) is 11.5. The summed E-state index contributed by atoms with van der Waals surface area (Å²) in [6.07, 6.45) is -0.173. The largest absolute Gasteiger partial charge is 0.481 e. The molecule has 1 aromatic carbocycles. The highest BCUT2D eigenvalue weighted by atomic mass is 79.9. The van der Waals surface area contributed by atoms with Crippen LogP contribution in [0.15, 0.2) is 22.7 Å². The zero-order valence-electron chi connectivity index (χ0n) is 13.4. The number of carbonyl (C=O) groups excluding carboxylic acids is 1. The Balaban J connectivity index is 2.76. The van der Waals surface area contributed by atoms with Gasteiger partial charge >= 0.3 is 12.1 Å². The first-order valence-corrected chi connectivity index (χ1v) is 8.01. The van der Waals surface area contributed by atoms with Gasteiger partial charge in [0.2, 0.25) is 0 Å². The number of aliphatic carboxylic acids is 1. The van der Waals surface area contributed by atoms with Crippen LogP contribution in [0.25, 0.3) is 0 Å². The van der Waals surface area contributed by atoms with Crippen molar-refractivity contribution in [3.05, 3.63) is 34.1 Å². The number of halogens is 2. The summed E-state index contributed by atoms with van der Waals surface area (Å²) in [4.78, 5) is 22.6. The van der Waals surface area contributed by atoms with E-state index in [0.717, 1.165) is 0 Å². The van der Waals surface area contributed by atoms with Gasteiger partial charge in [0.15, 0.2) is 0 Å². The van der Waals surface area contributed by atoms with Gasteiger partial charge in [-0.15, -0.1) is 0 Å². The number of nitrogens with one attached hydrogen (secondary N) is 1. The standard InChI is InChI=1S/C16H21BrFNO4/c1-16(2,3)23-15(22)19-11(5-7-14(20)21)8-10-4-6-12(17)13(18)9-10/h4,6,9,11H,5,7-8H2,1-3H3,(H,19,22)(H,20,21). The van der Waals surface area contributed by atoms with Crippen LogP contribution in [-0.2, 0) is 16.0 Å². The molecule has 0 spiro atoms. The molecular weight excluding hydrogens is 369 g/mol. The fourth-order valence-corrected chi connectivity index (χ4v) is 2.19. The predicted octanol–water partition coefficient (Wildman–Crippen LogP) is 3.89. The van der Waals surface area contributed by atoms with E-state index < -0.39 is 29.5 Å². The number of amides is 1. The average molecular weight is 390 g/mol. The fourth-order valence-electron chi connectivity index (χ4n) is 1.95. The topological polar surface area (TPSA) is 75.6 Å². The SMILES string of the molecule is CC(C)(C)OC(=O)NC(CCC(=O)O)Cc1ccc(Br)c(F)c1. The van der Waals surface area contributed by atoms with Crippen molar-refractivity contribution in [2.75, 3.05) is 0 Å². The molecule has 0 saturated carbocycles. The van der Waals surface area contributed by atoms with E-state index in [1.54, 1.807) is 32.9 Å².